The van der Waals surface area contributed by atoms with E-state index in [2.05, 4.69) is 31.1 Å². The van der Waals surface area contributed by atoms with Crippen LogP contribution < -0.4 is 5.32 Å². The van der Waals surface area contributed by atoms with Crippen molar-refractivity contribution in [1.82, 2.24) is 10.3 Å². The van der Waals surface area contributed by atoms with E-state index in [0.29, 0.717) is 11.0 Å². The first-order valence-corrected chi connectivity index (χ1v) is 7.85. The summed E-state index contributed by atoms with van der Waals surface area (Å²) < 4.78 is 13.0. The van der Waals surface area contributed by atoms with Crippen molar-refractivity contribution in [2.24, 2.45) is 11.3 Å². The lowest BCUT2D eigenvalue weighted by Crippen LogP contribution is -2.39. The van der Waals surface area contributed by atoms with Gasteiger partial charge in [-0.25, -0.2) is 4.98 Å². The first kappa shape index (κ1) is 15.9. The zero-order valence-corrected chi connectivity index (χ0v) is 13.2. The highest BCUT2D eigenvalue weighted by molar-refractivity contribution is 5.94. The Morgan fingerprint density at radius 3 is 2.62 bits per heavy atom. The molecule has 0 radical (unpaired) electrons. The van der Waals surface area contributed by atoms with Crippen LogP contribution in [-0.4, -0.2) is 16.9 Å². The number of nitrogens with one attached hydrogen (secondary N) is 1. The van der Waals surface area contributed by atoms with E-state index in [0.717, 1.165) is 31.6 Å². The summed E-state index contributed by atoms with van der Waals surface area (Å²) in [6.07, 6.45) is 6.82. The number of nitrogens with zero attached hydrogens (tertiary/aromatic N) is 1. The van der Waals surface area contributed by atoms with Crippen LogP contribution >= 0.6 is 0 Å². The summed E-state index contributed by atoms with van der Waals surface area (Å²) >= 11 is 0. The minimum Gasteiger partial charge on any atom is -0.349 e. The standard InChI is InChI=1S/C17H25FN2O/c1-4-17(2,3)13-5-7-14(8-6-13)20-16(21)12-9-10-19-15(18)11-12/h9-11,13-14H,4-8H2,1-3H3,(H,20,21). The molecular weight excluding hydrogens is 267 g/mol. The molecule has 21 heavy (non-hydrogen) atoms. The molecule has 0 atom stereocenters. The van der Waals surface area contributed by atoms with Gasteiger partial charge in [0, 0.05) is 23.9 Å². The molecule has 1 amide bonds. The number of hydrogen-bond donors (Lipinski definition) is 1. The van der Waals surface area contributed by atoms with Gasteiger partial charge in [-0.1, -0.05) is 27.2 Å². The number of aromatic nitrogens is 1. The fraction of sp³-hybridized carbons (Fsp3) is 0.647. The fourth-order valence-corrected chi connectivity index (χ4v) is 3.12. The molecule has 2 rings (SSSR count). The number of hydrogen-bond acceptors (Lipinski definition) is 2. The van der Waals surface area contributed by atoms with Gasteiger partial charge in [-0.3, -0.25) is 4.79 Å². The van der Waals surface area contributed by atoms with Gasteiger partial charge in [0.15, 0.2) is 0 Å². The molecule has 1 heterocycles. The van der Waals surface area contributed by atoms with E-state index < -0.39 is 5.95 Å². The molecule has 3 nitrogen and oxygen atoms in total. The van der Waals surface area contributed by atoms with Crippen LogP contribution in [0.5, 0.6) is 0 Å². The van der Waals surface area contributed by atoms with Crippen LogP contribution in [0.3, 0.4) is 0 Å². The minimum absolute atomic E-state index is 0.200. The van der Waals surface area contributed by atoms with Crippen molar-refractivity contribution in [3.05, 3.63) is 29.8 Å². The molecule has 1 aromatic rings. The summed E-state index contributed by atoms with van der Waals surface area (Å²) in [5, 5.41) is 3.02. The number of carbonyl (C=O) groups is 1. The maximum atomic E-state index is 13.0. The van der Waals surface area contributed by atoms with Crippen LogP contribution in [0.25, 0.3) is 0 Å². The average molecular weight is 292 g/mol. The Labute approximate surface area is 126 Å². The number of halogens is 1. The zero-order valence-electron chi connectivity index (χ0n) is 13.2. The first-order valence-electron chi connectivity index (χ1n) is 7.85. The molecule has 1 N–H and O–H groups in total. The Balaban J connectivity index is 1.88. The number of carbonyl (C=O) groups excluding carboxylic acids is 1. The smallest absolute Gasteiger partial charge is 0.251 e. The first-order chi connectivity index (χ1) is 9.92. The predicted molar refractivity (Wildman–Crippen MR) is 81.5 cm³/mol. The Hall–Kier alpha value is -1.45. The minimum atomic E-state index is -0.615. The molecule has 1 aliphatic rings. The van der Waals surface area contributed by atoms with Crippen molar-refractivity contribution in [3.63, 3.8) is 0 Å². The lowest BCUT2D eigenvalue weighted by molar-refractivity contribution is 0.0892. The molecule has 1 saturated carbocycles. The summed E-state index contributed by atoms with van der Waals surface area (Å²) in [6, 6.07) is 2.93. The molecule has 116 valence electrons. The predicted octanol–water partition coefficient (Wildman–Crippen LogP) is 3.95. The molecule has 0 unspecified atom stereocenters. The van der Waals surface area contributed by atoms with Crippen LogP contribution in [0.4, 0.5) is 4.39 Å². The quantitative estimate of drug-likeness (QED) is 0.854. The second-order valence-electron chi connectivity index (χ2n) is 6.73. The van der Waals surface area contributed by atoms with Gasteiger partial charge in [0.05, 0.1) is 0 Å². The van der Waals surface area contributed by atoms with E-state index in [-0.39, 0.29) is 11.9 Å². The Morgan fingerprint density at radius 1 is 1.38 bits per heavy atom. The molecule has 0 aliphatic heterocycles. The van der Waals surface area contributed by atoms with Crippen LogP contribution in [0.15, 0.2) is 18.3 Å². The van der Waals surface area contributed by atoms with E-state index in [1.165, 1.54) is 18.7 Å². The topological polar surface area (TPSA) is 42.0 Å². The Bertz CT molecular complexity index is 493. The SMILES string of the molecule is CCC(C)(C)C1CCC(NC(=O)c2ccnc(F)c2)CC1. The molecule has 1 aromatic heterocycles. The molecule has 1 fully saturated rings. The van der Waals surface area contributed by atoms with Crippen LogP contribution in [0.2, 0.25) is 0 Å². The lowest BCUT2D eigenvalue weighted by atomic mass is 9.69. The van der Waals surface area contributed by atoms with E-state index >= 15 is 0 Å². The van der Waals surface area contributed by atoms with Gasteiger partial charge in [-0.2, -0.15) is 4.39 Å². The van der Waals surface area contributed by atoms with Gasteiger partial charge in [0.1, 0.15) is 0 Å². The number of pyridine rings is 1. The molecule has 0 bridgehead atoms. The molecule has 0 saturated heterocycles. The summed E-state index contributed by atoms with van der Waals surface area (Å²) in [5.74, 6) is -0.0837. The highest BCUT2D eigenvalue weighted by Crippen LogP contribution is 2.40. The van der Waals surface area contributed by atoms with E-state index in [9.17, 15) is 9.18 Å². The van der Waals surface area contributed by atoms with Gasteiger partial charge >= 0.3 is 0 Å². The van der Waals surface area contributed by atoms with Crippen LogP contribution in [-0.2, 0) is 0 Å². The maximum absolute atomic E-state index is 13.0. The van der Waals surface area contributed by atoms with Crippen molar-refractivity contribution in [3.8, 4) is 0 Å². The number of amides is 1. The molecule has 0 aromatic carbocycles. The molecule has 0 spiro atoms. The van der Waals surface area contributed by atoms with Gasteiger partial charge in [-0.15, -0.1) is 0 Å². The largest absolute Gasteiger partial charge is 0.349 e. The fourth-order valence-electron chi connectivity index (χ4n) is 3.12. The van der Waals surface area contributed by atoms with Gasteiger partial charge in [0.2, 0.25) is 5.95 Å². The Morgan fingerprint density at radius 2 is 2.05 bits per heavy atom. The van der Waals surface area contributed by atoms with E-state index in [4.69, 9.17) is 0 Å². The summed E-state index contributed by atoms with van der Waals surface area (Å²) in [6.45, 7) is 6.90. The van der Waals surface area contributed by atoms with E-state index in [1.807, 2.05) is 0 Å². The average Bonchev–Trinajstić information content (AvgIpc) is 2.48. The van der Waals surface area contributed by atoms with Gasteiger partial charge < -0.3 is 5.32 Å². The third kappa shape index (κ3) is 4.02. The molecular formula is C17H25FN2O. The van der Waals surface area contributed by atoms with Crippen molar-refractivity contribution in [2.45, 2.75) is 58.9 Å². The van der Waals surface area contributed by atoms with Crippen molar-refractivity contribution in [2.75, 3.05) is 0 Å². The zero-order chi connectivity index (χ0) is 15.5. The third-order valence-electron chi connectivity index (χ3n) is 5.07. The normalized spacial score (nSPS) is 22.9. The molecule has 4 heteroatoms. The van der Waals surface area contributed by atoms with Crippen LogP contribution in [0.1, 0.15) is 63.2 Å². The summed E-state index contributed by atoms with van der Waals surface area (Å²) in [4.78, 5) is 15.6. The van der Waals surface area contributed by atoms with Crippen molar-refractivity contribution < 1.29 is 9.18 Å². The van der Waals surface area contributed by atoms with Crippen LogP contribution in [0, 0.1) is 17.3 Å². The highest BCUT2D eigenvalue weighted by Gasteiger charge is 2.32. The Kier molecular flexibility index (Phi) is 4.96. The van der Waals surface area contributed by atoms with Crippen molar-refractivity contribution >= 4 is 5.91 Å². The highest BCUT2D eigenvalue weighted by atomic mass is 19.1. The molecule has 1 aliphatic carbocycles. The van der Waals surface area contributed by atoms with E-state index in [1.54, 1.807) is 6.07 Å². The monoisotopic (exact) mass is 292 g/mol. The summed E-state index contributed by atoms with van der Waals surface area (Å²) in [7, 11) is 0. The third-order valence-corrected chi connectivity index (χ3v) is 5.07. The van der Waals surface area contributed by atoms with Gasteiger partial charge in [0.25, 0.3) is 5.91 Å². The number of rotatable bonds is 4. The maximum Gasteiger partial charge on any atom is 0.251 e. The lowest BCUT2D eigenvalue weighted by Gasteiger charge is -2.39. The van der Waals surface area contributed by atoms with Gasteiger partial charge in [-0.05, 0) is 43.1 Å². The second-order valence-corrected chi connectivity index (χ2v) is 6.73. The summed E-state index contributed by atoms with van der Waals surface area (Å²) in [5.41, 5.74) is 0.724. The van der Waals surface area contributed by atoms with Crippen molar-refractivity contribution in [1.29, 1.82) is 0 Å². The second kappa shape index (κ2) is 6.54.